The smallest absolute Gasteiger partial charge is 0.271 e. The summed E-state index contributed by atoms with van der Waals surface area (Å²) in [4.78, 5) is 23.7. The van der Waals surface area contributed by atoms with Crippen LogP contribution in [0.15, 0.2) is 60.7 Å². The van der Waals surface area contributed by atoms with E-state index in [-0.39, 0.29) is 5.11 Å². The lowest BCUT2D eigenvalue weighted by atomic mass is 10.2. The fourth-order valence-electron chi connectivity index (χ4n) is 1.75. The molecule has 0 aliphatic carbocycles. The van der Waals surface area contributed by atoms with E-state index in [1.54, 1.807) is 30.3 Å². The second-order valence-corrected chi connectivity index (χ2v) is 5.44. The Kier molecular flexibility index (Phi) is 6.48. The van der Waals surface area contributed by atoms with Crippen molar-refractivity contribution in [2.75, 3.05) is 0 Å². The van der Waals surface area contributed by atoms with E-state index in [1.807, 2.05) is 30.3 Å². The molecule has 0 aliphatic heterocycles. The lowest BCUT2D eigenvalue weighted by Gasteiger charge is -2.10. The van der Waals surface area contributed by atoms with Gasteiger partial charge < -0.3 is 0 Å². The van der Waals surface area contributed by atoms with Crippen molar-refractivity contribution in [3.63, 3.8) is 0 Å². The number of hydrogen-bond donors (Lipinski definition) is 3. The Morgan fingerprint density at radius 2 is 1.62 bits per heavy atom. The van der Waals surface area contributed by atoms with Gasteiger partial charge >= 0.3 is 0 Å². The number of benzene rings is 2. The van der Waals surface area contributed by atoms with Crippen LogP contribution in [-0.4, -0.2) is 16.9 Å². The molecule has 7 heteroatoms. The number of nitrogens with one attached hydrogen (secondary N) is 3. The van der Waals surface area contributed by atoms with Gasteiger partial charge in [-0.15, -0.1) is 0 Å². The molecule has 5 nitrogen and oxygen atoms in total. The van der Waals surface area contributed by atoms with Crippen LogP contribution in [0.3, 0.4) is 0 Å². The third-order valence-electron chi connectivity index (χ3n) is 2.87. The Balaban J connectivity index is 1.81. The molecule has 0 radical (unpaired) electrons. The van der Waals surface area contributed by atoms with Gasteiger partial charge in [0.1, 0.15) is 0 Å². The van der Waals surface area contributed by atoms with Gasteiger partial charge in [0.2, 0.25) is 5.91 Å². The average Bonchev–Trinajstić information content (AvgIpc) is 2.59. The maximum absolute atomic E-state index is 11.9. The summed E-state index contributed by atoms with van der Waals surface area (Å²) < 4.78 is 0. The molecular weight excluding hydrogens is 346 g/mol. The van der Waals surface area contributed by atoms with Crippen molar-refractivity contribution in [1.29, 1.82) is 0 Å². The molecule has 0 spiro atoms. The first kappa shape index (κ1) is 17.7. The predicted molar refractivity (Wildman–Crippen MR) is 98.3 cm³/mol. The summed E-state index contributed by atoms with van der Waals surface area (Å²) in [7, 11) is 0. The number of carbonyl (C=O) groups is 2. The Bertz CT molecular complexity index is 778. The Morgan fingerprint density at radius 1 is 0.958 bits per heavy atom. The summed E-state index contributed by atoms with van der Waals surface area (Å²) in [5, 5.41) is 2.71. The molecule has 0 saturated heterocycles. The number of hydrogen-bond acceptors (Lipinski definition) is 3. The molecule has 0 heterocycles. The molecule has 2 amide bonds. The Hall–Kier alpha value is -2.70. The van der Waals surface area contributed by atoms with Crippen LogP contribution in [0.5, 0.6) is 0 Å². The molecule has 2 rings (SSSR count). The molecule has 3 N–H and O–H groups in total. The van der Waals surface area contributed by atoms with Crippen LogP contribution >= 0.6 is 23.8 Å². The highest BCUT2D eigenvalue weighted by Crippen LogP contribution is 2.13. The number of hydrazine groups is 1. The van der Waals surface area contributed by atoms with E-state index < -0.39 is 11.8 Å². The maximum Gasteiger partial charge on any atom is 0.271 e. The first-order valence-corrected chi connectivity index (χ1v) is 7.74. The minimum atomic E-state index is -0.461. The quantitative estimate of drug-likeness (QED) is 0.447. The van der Waals surface area contributed by atoms with Crippen LogP contribution in [0, 0.1) is 0 Å². The van der Waals surface area contributed by atoms with Crippen molar-refractivity contribution in [2.45, 2.75) is 0 Å². The van der Waals surface area contributed by atoms with E-state index in [2.05, 4.69) is 16.2 Å². The summed E-state index contributed by atoms with van der Waals surface area (Å²) in [6, 6.07) is 15.9. The van der Waals surface area contributed by atoms with E-state index in [0.29, 0.717) is 10.6 Å². The van der Waals surface area contributed by atoms with E-state index in [1.165, 1.54) is 6.08 Å². The van der Waals surface area contributed by atoms with Crippen LogP contribution in [0.4, 0.5) is 0 Å². The van der Waals surface area contributed by atoms with Crippen molar-refractivity contribution in [3.05, 3.63) is 76.8 Å². The van der Waals surface area contributed by atoms with Gasteiger partial charge in [-0.05, 0) is 36.0 Å². The van der Waals surface area contributed by atoms with E-state index in [9.17, 15) is 9.59 Å². The lowest BCUT2D eigenvalue weighted by molar-refractivity contribution is -0.115. The largest absolute Gasteiger partial charge is 0.298 e. The minimum Gasteiger partial charge on any atom is -0.298 e. The predicted octanol–water partition coefficient (Wildman–Crippen LogP) is 2.69. The third-order valence-corrected chi connectivity index (χ3v) is 3.41. The summed E-state index contributed by atoms with van der Waals surface area (Å²) in [6.45, 7) is 0. The van der Waals surface area contributed by atoms with Gasteiger partial charge in [-0.1, -0.05) is 54.1 Å². The van der Waals surface area contributed by atoms with E-state index in [4.69, 9.17) is 23.8 Å². The topological polar surface area (TPSA) is 70.2 Å². The van der Waals surface area contributed by atoms with Crippen molar-refractivity contribution in [2.24, 2.45) is 0 Å². The van der Waals surface area contributed by atoms with Gasteiger partial charge in [-0.2, -0.15) is 0 Å². The number of halogens is 1. The third kappa shape index (κ3) is 5.49. The molecular formula is C17H14ClN3O2S. The van der Waals surface area contributed by atoms with Crippen molar-refractivity contribution < 1.29 is 9.59 Å². The fourth-order valence-corrected chi connectivity index (χ4v) is 2.12. The lowest BCUT2D eigenvalue weighted by Crippen LogP contribution is -2.48. The molecule has 0 aliphatic rings. The van der Waals surface area contributed by atoms with Crippen molar-refractivity contribution in [3.8, 4) is 0 Å². The normalized spacial score (nSPS) is 10.2. The number of rotatable bonds is 3. The van der Waals surface area contributed by atoms with Gasteiger partial charge in [-0.3, -0.25) is 25.8 Å². The standard InChI is InChI=1S/C17H14ClN3O2S/c18-14-9-5-4-8-13(14)16(23)20-21-17(24)19-15(22)11-10-12-6-2-1-3-7-12/h1-11H,(H,20,23)(H2,19,21,22,24)/b11-10+. The Labute approximate surface area is 149 Å². The highest BCUT2D eigenvalue weighted by Gasteiger charge is 2.09. The molecule has 0 aromatic heterocycles. The van der Waals surface area contributed by atoms with E-state index in [0.717, 1.165) is 5.56 Å². The summed E-state index contributed by atoms with van der Waals surface area (Å²) >= 11 is 10.9. The van der Waals surface area contributed by atoms with Crippen LogP contribution in [0.1, 0.15) is 15.9 Å². The molecule has 2 aromatic rings. The van der Waals surface area contributed by atoms with Crippen molar-refractivity contribution in [1.82, 2.24) is 16.2 Å². The molecule has 24 heavy (non-hydrogen) atoms. The maximum atomic E-state index is 11.9. The van der Waals surface area contributed by atoms with Crippen LogP contribution in [0.2, 0.25) is 5.02 Å². The van der Waals surface area contributed by atoms with Crippen LogP contribution < -0.4 is 16.2 Å². The average molecular weight is 360 g/mol. The minimum absolute atomic E-state index is 0.0295. The monoisotopic (exact) mass is 359 g/mol. The van der Waals surface area contributed by atoms with Crippen molar-refractivity contribution >= 4 is 46.8 Å². The van der Waals surface area contributed by atoms with Gasteiger partial charge in [-0.25, -0.2) is 0 Å². The molecule has 122 valence electrons. The first-order valence-electron chi connectivity index (χ1n) is 6.95. The molecule has 0 fully saturated rings. The van der Waals surface area contributed by atoms with Gasteiger partial charge in [0.05, 0.1) is 10.6 Å². The van der Waals surface area contributed by atoms with Gasteiger partial charge in [0.15, 0.2) is 5.11 Å². The highest BCUT2D eigenvalue weighted by molar-refractivity contribution is 7.80. The fraction of sp³-hybridized carbons (Fsp3) is 0. The number of thiocarbonyl (C=S) groups is 1. The zero-order chi connectivity index (χ0) is 17.4. The first-order chi connectivity index (χ1) is 11.6. The summed E-state index contributed by atoms with van der Waals surface area (Å²) in [6.07, 6.45) is 3.00. The molecule has 0 unspecified atom stereocenters. The van der Waals surface area contributed by atoms with E-state index >= 15 is 0 Å². The van der Waals surface area contributed by atoms with Crippen LogP contribution in [-0.2, 0) is 4.79 Å². The summed E-state index contributed by atoms with van der Waals surface area (Å²) in [5.74, 6) is -0.875. The van der Waals surface area contributed by atoms with Gasteiger partial charge in [0.25, 0.3) is 5.91 Å². The second-order valence-electron chi connectivity index (χ2n) is 4.62. The van der Waals surface area contributed by atoms with Crippen LogP contribution in [0.25, 0.3) is 6.08 Å². The SMILES string of the molecule is O=C(/C=C/c1ccccc1)NC(=S)NNC(=O)c1ccccc1Cl. The molecule has 0 bridgehead atoms. The van der Waals surface area contributed by atoms with Gasteiger partial charge in [0, 0.05) is 6.08 Å². The number of carbonyl (C=O) groups excluding carboxylic acids is 2. The molecule has 0 atom stereocenters. The number of amides is 2. The summed E-state index contributed by atoms with van der Waals surface area (Å²) in [5.41, 5.74) is 5.99. The molecule has 0 saturated carbocycles. The molecule has 2 aromatic carbocycles. The zero-order valence-corrected chi connectivity index (χ0v) is 14.0. The Morgan fingerprint density at radius 3 is 2.33 bits per heavy atom. The second kappa shape index (κ2) is 8.81. The highest BCUT2D eigenvalue weighted by atomic mass is 35.5. The zero-order valence-electron chi connectivity index (χ0n) is 12.5.